The van der Waals surface area contributed by atoms with Crippen LogP contribution in [0.15, 0.2) is 189 Å². The Kier molecular flexibility index (Phi) is 37.8. The number of fused-ring (bicyclic) bond motifs is 5. The molecule has 5 atom stereocenters. The van der Waals surface area contributed by atoms with Crippen LogP contribution in [0.3, 0.4) is 0 Å². The van der Waals surface area contributed by atoms with E-state index in [0.717, 1.165) is 158 Å². The van der Waals surface area contributed by atoms with Crippen LogP contribution in [-0.4, -0.2) is 31.8 Å². The lowest BCUT2D eigenvalue weighted by Gasteiger charge is -2.24. The summed E-state index contributed by atoms with van der Waals surface area (Å²) in [5, 5.41) is 0. The summed E-state index contributed by atoms with van der Waals surface area (Å²) in [5.74, 6) is 8.16. The largest absolute Gasteiger partial charge is 0.573 e. The standard InChI is InChI=1S/C24H23F5O.C23H19F5O.C22H19F5O.C22H17F5O.C21H15F5O/c1-2-3-4-5-16-8-10-20-13-17(9-11-19(20)12-16)6-7-18-14-21(25)23(22(26)15-18)30-24(27,28)29;1-2-3-4-15-7-9-19-12-16(8-10-18(19)11-15)5-6-17-13-20(24)22(21(25)14-17)29-23(26,27)28;2*1-2-3-14-6-8-18-11-15(7-9-17(18)10-14)4-5-16-12-19(23)21(20(24)13-16)28-22(25,26)27;1-2-13-5-7-17-10-14(6-8-16(17)9-13)3-4-15-11-18(22)20(19(23)12-15)27-21(24,25)26/h9,11,13-16H,2-5,8,10,12H2,1H3;2,8,10,12-15H,1,3-4,7,9,11H2;7,9,11-14H,2-3,6,8,10H2,1H3;2-3,7,9,11-14H,6,8,10H2,1H3;2,6,8,10-13H,1,5,7,9H2/b;;;3-2+;. The van der Waals surface area contributed by atoms with Crippen LogP contribution in [0.25, 0.3) is 0 Å². The number of hydrogen-bond donors (Lipinski definition) is 0. The molecule has 0 aromatic heterocycles. The number of halogens is 25. The third-order valence-electron chi connectivity index (χ3n) is 23.9. The van der Waals surface area contributed by atoms with Gasteiger partial charge in [0.2, 0.25) is 28.7 Å². The lowest BCUT2D eigenvalue weighted by molar-refractivity contribution is -0.277. The number of aryl methyl sites for hydroxylation is 5. The van der Waals surface area contributed by atoms with Crippen LogP contribution in [-0.2, 0) is 64.2 Å². The van der Waals surface area contributed by atoms with Gasteiger partial charge in [0.1, 0.15) is 0 Å². The molecule has 15 rings (SSSR count). The molecule has 142 heavy (non-hydrogen) atoms. The molecule has 0 aliphatic heterocycles. The second-order valence-corrected chi connectivity index (χ2v) is 34.5. The average Bonchev–Trinajstić information content (AvgIpc) is 0.827. The van der Waals surface area contributed by atoms with Crippen molar-refractivity contribution in [1.29, 1.82) is 0 Å². The first kappa shape index (κ1) is 109. The van der Waals surface area contributed by atoms with Crippen molar-refractivity contribution in [2.75, 3.05) is 0 Å². The molecule has 0 bridgehead atoms. The van der Waals surface area contributed by atoms with Crippen molar-refractivity contribution in [3.63, 3.8) is 0 Å². The van der Waals surface area contributed by atoms with Gasteiger partial charge >= 0.3 is 31.8 Å². The first-order valence-corrected chi connectivity index (χ1v) is 45.5. The zero-order chi connectivity index (χ0) is 103. The van der Waals surface area contributed by atoms with E-state index in [2.05, 4.69) is 122 Å². The molecule has 0 fully saturated rings. The van der Waals surface area contributed by atoms with Gasteiger partial charge < -0.3 is 23.7 Å². The van der Waals surface area contributed by atoms with Gasteiger partial charge in [-0.2, -0.15) is 0 Å². The Bertz CT molecular complexity index is 6440. The SMILES string of the molecule is C/C=C/C1CCc2cc(C#Cc3cc(F)c(OC(F)(F)F)c(F)c3)ccc2C1.C=CC1CCc2cc(C#Cc3cc(F)c(OC(F)(F)F)c(F)c3)ccc2C1.C=CCCC1CCc2cc(C#Cc3cc(F)c(OC(F)(F)F)c(F)c3)ccc2C1.CCCC1CCc2cc(C#Cc3cc(F)c(OC(F)(F)F)c(F)c3)ccc2C1.CCCCCC1CCc2cc(C#Cc3cc(F)c(OC(F)(F)F)c(F)c3)ccc2C1. The van der Waals surface area contributed by atoms with E-state index in [0.29, 0.717) is 69.5 Å². The van der Waals surface area contributed by atoms with Gasteiger partial charge in [0.05, 0.1) is 0 Å². The second-order valence-electron chi connectivity index (χ2n) is 34.5. The summed E-state index contributed by atoms with van der Waals surface area (Å²) in [6, 6.07) is 36.3. The summed E-state index contributed by atoms with van der Waals surface area (Å²) in [7, 11) is 0. The zero-order valence-corrected chi connectivity index (χ0v) is 76.8. The lowest BCUT2D eigenvalue weighted by Crippen LogP contribution is -2.19. The van der Waals surface area contributed by atoms with E-state index in [4.69, 9.17) is 0 Å². The highest BCUT2D eigenvalue weighted by Crippen LogP contribution is 2.40. The molecule has 5 unspecified atom stereocenters. The van der Waals surface area contributed by atoms with Crippen LogP contribution in [0.5, 0.6) is 28.7 Å². The Labute approximate surface area is 806 Å². The summed E-state index contributed by atoms with van der Waals surface area (Å²) in [6.07, 6.45) is 6.91. The van der Waals surface area contributed by atoms with Crippen LogP contribution >= 0.6 is 0 Å². The van der Waals surface area contributed by atoms with Crippen LogP contribution in [0.4, 0.5) is 110 Å². The number of alkyl halides is 15. The monoisotopic (exact) mass is 1990 g/mol. The minimum atomic E-state index is -5.18. The molecule has 0 radical (unpaired) electrons. The zero-order valence-electron chi connectivity index (χ0n) is 76.8. The van der Waals surface area contributed by atoms with Gasteiger partial charge in [0, 0.05) is 55.6 Å². The molecule has 0 heterocycles. The molecule has 0 saturated heterocycles. The molecular formula is C112H93F25O5. The van der Waals surface area contributed by atoms with E-state index in [1.165, 1.54) is 94.2 Å². The predicted molar refractivity (Wildman–Crippen MR) is 488 cm³/mol. The molecule has 10 aromatic rings. The highest BCUT2D eigenvalue weighted by atomic mass is 19.4. The Hall–Kier alpha value is -13.5. The minimum absolute atomic E-state index is 0.0618. The summed E-state index contributed by atoms with van der Waals surface area (Å²) in [6.45, 7) is 14.0. The molecule has 5 nitrogen and oxygen atoms in total. The molecule has 0 N–H and O–H groups in total. The van der Waals surface area contributed by atoms with Gasteiger partial charge in [-0.1, -0.05) is 166 Å². The fourth-order valence-corrected chi connectivity index (χ4v) is 17.2. The molecule has 0 saturated carbocycles. The number of ether oxygens (including phenoxy) is 5. The van der Waals surface area contributed by atoms with Crippen LogP contribution in [0.1, 0.15) is 216 Å². The van der Waals surface area contributed by atoms with Gasteiger partial charge in [-0.25, -0.2) is 43.9 Å². The Morgan fingerprint density at radius 2 is 0.507 bits per heavy atom. The Morgan fingerprint density at radius 1 is 0.275 bits per heavy atom. The first-order valence-electron chi connectivity index (χ1n) is 45.5. The van der Waals surface area contributed by atoms with Gasteiger partial charge in [-0.15, -0.1) is 79.0 Å². The van der Waals surface area contributed by atoms with Crippen molar-refractivity contribution in [2.45, 2.75) is 200 Å². The van der Waals surface area contributed by atoms with E-state index in [-0.39, 0.29) is 27.8 Å². The van der Waals surface area contributed by atoms with Gasteiger partial charge in [0.15, 0.2) is 58.2 Å². The normalized spacial score (nSPS) is 16.1. The van der Waals surface area contributed by atoms with Gasteiger partial charge in [-0.05, 0) is 323 Å². The highest BCUT2D eigenvalue weighted by molar-refractivity contribution is 5.55. The molecule has 746 valence electrons. The van der Waals surface area contributed by atoms with Crippen molar-refractivity contribution in [3.05, 3.63) is 359 Å². The van der Waals surface area contributed by atoms with Crippen LogP contribution in [0.2, 0.25) is 0 Å². The maximum atomic E-state index is 13.8. The number of benzene rings is 10. The smallest absolute Gasteiger partial charge is 0.399 e. The predicted octanol–water partition coefficient (Wildman–Crippen LogP) is 30.9. The first-order chi connectivity index (χ1) is 67.2. The summed E-state index contributed by atoms with van der Waals surface area (Å²) < 4.78 is 337. The van der Waals surface area contributed by atoms with Gasteiger partial charge in [0.25, 0.3) is 0 Å². The van der Waals surface area contributed by atoms with Crippen molar-refractivity contribution in [3.8, 4) is 88.0 Å². The van der Waals surface area contributed by atoms with E-state index < -0.39 is 119 Å². The molecule has 30 heteroatoms. The lowest BCUT2D eigenvalue weighted by atomic mass is 9.81. The van der Waals surface area contributed by atoms with Crippen LogP contribution < -0.4 is 23.7 Å². The maximum Gasteiger partial charge on any atom is 0.573 e. The second kappa shape index (κ2) is 49.2. The fourth-order valence-electron chi connectivity index (χ4n) is 17.2. The van der Waals surface area contributed by atoms with Crippen molar-refractivity contribution in [1.82, 2.24) is 0 Å². The minimum Gasteiger partial charge on any atom is -0.399 e. The highest BCUT2D eigenvalue weighted by Gasteiger charge is 2.39. The third-order valence-corrected chi connectivity index (χ3v) is 23.9. The number of hydrogen-bond acceptors (Lipinski definition) is 5. The average molecular weight is 1990 g/mol. The van der Waals surface area contributed by atoms with E-state index >= 15 is 0 Å². The maximum absolute atomic E-state index is 13.8. The molecular weight excluding hydrogens is 1900 g/mol. The van der Waals surface area contributed by atoms with Crippen molar-refractivity contribution >= 4 is 0 Å². The molecule has 0 amide bonds. The number of rotatable bonds is 16. The fraction of sp³-hybridized carbons (Fsp3) is 0.321. The number of unbranched alkanes of at least 4 members (excludes halogenated alkanes) is 2. The molecule has 5 aliphatic carbocycles. The number of allylic oxidation sites excluding steroid dienone is 4. The summed E-state index contributed by atoms with van der Waals surface area (Å²) in [5.41, 5.74) is 15.5. The van der Waals surface area contributed by atoms with Gasteiger partial charge in [-0.3, -0.25) is 0 Å². The van der Waals surface area contributed by atoms with E-state index in [1.807, 2.05) is 110 Å². The van der Waals surface area contributed by atoms with Crippen molar-refractivity contribution < 1.29 is 133 Å². The quantitative estimate of drug-likeness (QED) is 0.0418. The molecule has 0 spiro atoms. The Balaban J connectivity index is 0.000000170. The Morgan fingerprint density at radius 3 is 0.746 bits per heavy atom. The van der Waals surface area contributed by atoms with E-state index in [1.54, 1.807) is 0 Å². The van der Waals surface area contributed by atoms with Crippen LogP contribution in [0, 0.1) is 147 Å². The third kappa shape index (κ3) is 33.6. The molecule has 10 aromatic carbocycles. The van der Waals surface area contributed by atoms with E-state index in [9.17, 15) is 110 Å². The summed E-state index contributed by atoms with van der Waals surface area (Å²) in [4.78, 5) is 0. The molecule has 5 aliphatic rings. The topological polar surface area (TPSA) is 46.2 Å². The van der Waals surface area contributed by atoms with Crippen molar-refractivity contribution in [2.24, 2.45) is 29.6 Å². The summed E-state index contributed by atoms with van der Waals surface area (Å²) >= 11 is 0.